The normalized spacial score (nSPS) is 15.3. The molecule has 1 aliphatic rings. The van der Waals surface area contributed by atoms with Crippen molar-refractivity contribution >= 4 is 16.6 Å². The molecule has 0 saturated carbocycles. The monoisotopic (exact) mass is 462 g/mol. The fourth-order valence-corrected chi connectivity index (χ4v) is 4.68. The number of benzene rings is 2. The topological polar surface area (TPSA) is 111 Å². The summed E-state index contributed by atoms with van der Waals surface area (Å²) in [5, 5.41) is 11.8. The van der Waals surface area contributed by atoms with Crippen LogP contribution in [0.4, 0.5) is 5.69 Å². The minimum atomic E-state index is -0.694. The van der Waals surface area contributed by atoms with Gasteiger partial charge in [0.25, 0.3) is 11.2 Å². The SMILES string of the molecule is COc1ccc(-c2c3c(=O)n(C)c(=O)n(C)c3c3n2CCO[C@@H]3c2cccc([N+](=O)[O-])c2)cc1. The molecule has 174 valence electrons. The zero-order valence-corrected chi connectivity index (χ0v) is 18.8. The molecule has 4 aromatic rings. The van der Waals surface area contributed by atoms with Gasteiger partial charge in [0.2, 0.25) is 0 Å². The molecule has 3 heterocycles. The number of aryl methyl sites for hydroxylation is 1. The second-order valence-electron chi connectivity index (χ2n) is 8.15. The number of hydrogen-bond acceptors (Lipinski definition) is 6. The first-order valence-corrected chi connectivity index (χ1v) is 10.7. The highest BCUT2D eigenvalue weighted by atomic mass is 16.6. The second kappa shape index (κ2) is 7.99. The van der Waals surface area contributed by atoms with E-state index in [-0.39, 0.29) is 5.69 Å². The first-order valence-electron chi connectivity index (χ1n) is 10.7. The van der Waals surface area contributed by atoms with Crippen molar-refractivity contribution < 1.29 is 14.4 Å². The van der Waals surface area contributed by atoms with Crippen LogP contribution in [0.3, 0.4) is 0 Å². The summed E-state index contributed by atoms with van der Waals surface area (Å²) in [6.45, 7) is 0.785. The summed E-state index contributed by atoms with van der Waals surface area (Å²) < 4.78 is 15.9. The number of nitrogens with zero attached hydrogens (tertiary/aromatic N) is 4. The van der Waals surface area contributed by atoms with E-state index >= 15 is 0 Å². The smallest absolute Gasteiger partial charge is 0.331 e. The zero-order valence-electron chi connectivity index (χ0n) is 18.8. The van der Waals surface area contributed by atoms with E-state index in [4.69, 9.17) is 9.47 Å². The maximum atomic E-state index is 13.4. The Labute approximate surface area is 193 Å². The standard InChI is InChI=1S/C24H22N4O6/c1-25-20-18(23(29)26(2)24(25)30)19(14-7-9-17(33-3)10-8-14)27-11-12-34-22(21(20)27)15-5-4-6-16(13-15)28(31)32/h4-10,13,22H,11-12H2,1-3H3/t22-/m1/s1. The summed E-state index contributed by atoms with van der Waals surface area (Å²) in [5.74, 6) is 0.677. The molecule has 0 saturated heterocycles. The van der Waals surface area contributed by atoms with E-state index in [1.807, 2.05) is 28.8 Å². The van der Waals surface area contributed by atoms with Gasteiger partial charge in [0, 0.05) is 32.8 Å². The second-order valence-corrected chi connectivity index (χ2v) is 8.15. The predicted octanol–water partition coefficient (Wildman–Crippen LogP) is 2.74. The molecule has 0 fully saturated rings. The molecule has 10 nitrogen and oxygen atoms in total. The van der Waals surface area contributed by atoms with Gasteiger partial charge in [-0.25, -0.2) is 4.79 Å². The molecule has 1 aliphatic heterocycles. The summed E-state index contributed by atoms with van der Waals surface area (Å²) in [6.07, 6.45) is -0.694. The minimum Gasteiger partial charge on any atom is -0.497 e. The van der Waals surface area contributed by atoms with E-state index in [1.54, 1.807) is 26.3 Å². The van der Waals surface area contributed by atoms with Crippen molar-refractivity contribution in [2.45, 2.75) is 12.6 Å². The molecular weight excluding hydrogens is 440 g/mol. The van der Waals surface area contributed by atoms with Crippen molar-refractivity contribution in [3.63, 3.8) is 0 Å². The van der Waals surface area contributed by atoms with Crippen molar-refractivity contribution in [2.75, 3.05) is 13.7 Å². The number of rotatable bonds is 4. The van der Waals surface area contributed by atoms with Gasteiger partial charge in [-0.1, -0.05) is 12.1 Å². The summed E-state index contributed by atoms with van der Waals surface area (Å²) >= 11 is 0. The largest absolute Gasteiger partial charge is 0.497 e. The summed E-state index contributed by atoms with van der Waals surface area (Å²) in [5.41, 5.74) is 2.16. The van der Waals surface area contributed by atoms with E-state index in [0.29, 0.717) is 46.8 Å². The number of nitro groups is 1. The molecule has 2 aromatic carbocycles. The van der Waals surface area contributed by atoms with Crippen molar-refractivity contribution in [1.82, 2.24) is 13.7 Å². The lowest BCUT2D eigenvalue weighted by Crippen LogP contribution is -2.37. The van der Waals surface area contributed by atoms with E-state index < -0.39 is 22.3 Å². The van der Waals surface area contributed by atoms with Crippen LogP contribution in [-0.2, 0) is 25.4 Å². The Balaban J connectivity index is 1.88. The lowest BCUT2D eigenvalue weighted by Gasteiger charge is -2.27. The fourth-order valence-electron chi connectivity index (χ4n) is 4.68. The Hall–Kier alpha value is -4.18. The molecule has 5 rings (SSSR count). The number of hydrogen-bond donors (Lipinski definition) is 0. The number of nitro benzene ring substituents is 1. The summed E-state index contributed by atoms with van der Waals surface area (Å²) in [4.78, 5) is 37.2. The van der Waals surface area contributed by atoms with Gasteiger partial charge in [-0.2, -0.15) is 0 Å². The molecular formula is C24H22N4O6. The lowest BCUT2D eigenvalue weighted by atomic mass is 10.0. The molecule has 0 radical (unpaired) electrons. The molecule has 34 heavy (non-hydrogen) atoms. The van der Waals surface area contributed by atoms with E-state index in [0.717, 1.165) is 10.1 Å². The fraction of sp³-hybridized carbons (Fsp3) is 0.250. The molecule has 2 aromatic heterocycles. The summed E-state index contributed by atoms with van der Waals surface area (Å²) in [7, 11) is 4.64. The highest BCUT2D eigenvalue weighted by Gasteiger charge is 2.33. The van der Waals surface area contributed by atoms with Crippen molar-refractivity contribution in [1.29, 1.82) is 0 Å². The quantitative estimate of drug-likeness (QED) is 0.341. The van der Waals surface area contributed by atoms with Crippen LogP contribution in [0.1, 0.15) is 17.4 Å². The molecule has 0 amide bonds. The van der Waals surface area contributed by atoms with E-state index in [2.05, 4.69) is 0 Å². The third-order valence-electron chi connectivity index (χ3n) is 6.30. The molecule has 1 atom stereocenters. The highest BCUT2D eigenvalue weighted by Crippen LogP contribution is 2.41. The van der Waals surface area contributed by atoms with Crippen LogP contribution in [-0.4, -0.2) is 32.3 Å². The van der Waals surface area contributed by atoms with Crippen molar-refractivity contribution in [3.05, 3.63) is 90.7 Å². The van der Waals surface area contributed by atoms with Crippen LogP contribution in [0.25, 0.3) is 22.2 Å². The Morgan fingerprint density at radius 3 is 2.50 bits per heavy atom. The van der Waals surface area contributed by atoms with Gasteiger partial charge in [-0.15, -0.1) is 0 Å². The van der Waals surface area contributed by atoms with Crippen molar-refractivity contribution in [2.24, 2.45) is 14.1 Å². The number of aromatic nitrogens is 3. The van der Waals surface area contributed by atoms with Crippen molar-refractivity contribution in [3.8, 4) is 17.0 Å². The first kappa shape index (κ1) is 21.7. The van der Waals surface area contributed by atoms with Crippen LogP contribution in [0.5, 0.6) is 5.75 Å². The molecule has 0 unspecified atom stereocenters. The van der Waals surface area contributed by atoms with Crippen LogP contribution in [0.2, 0.25) is 0 Å². The van der Waals surface area contributed by atoms with Crippen LogP contribution < -0.4 is 16.0 Å². The van der Waals surface area contributed by atoms with E-state index in [1.165, 1.54) is 23.7 Å². The lowest BCUT2D eigenvalue weighted by molar-refractivity contribution is -0.385. The molecule has 0 N–H and O–H groups in total. The first-order chi connectivity index (χ1) is 16.3. The van der Waals surface area contributed by atoms with Crippen LogP contribution in [0.15, 0.2) is 58.1 Å². The van der Waals surface area contributed by atoms with Crippen LogP contribution >= 0.6 is 0 Å². The molecule has 0 aliphatic carbocycles. The Morgan fingerprint density at radius 1 is 1.09 bits per heavy atom. The van der Waals surface area contributed by atoms with Gasteiger partial charge < -0.3 is 14.0 Å². The number of non-ortho nitro benzene ring substituents is 1. The number of fused-ring (bicyclic) bond motifs is 3. The highest BCUT2D eigenvalue weighted by molar-refractivity contribution is 5.96. The maximum Gasteiger partial charge on any atom is 0.331 e. The van der Waals surface area contributed by atoms with Gasteiger partial charge in [0.15, 0.2) is 0 Å². The van der Waals surface area contributed by atoms with Gasteiger partial charge in [-0.05, 0) is 35.4 Å². The minimum absolute atomic E-state index is 0.0609. The van der Waals surface area contributed by atoms with Gasteiger partial charge in [0.05, 0.1) is 40.9 Å². The van der Waals surface area contributed by atoms with Gasteiger partial charge >= 0.3 is 5.69 Å². The number of ether oxygens (including phenoxy) is 2. The maximum absolute atomic E-state index is 13.4. The molecule has 10 heteroatoms. The average Bonchev–Trinajstić information content (AvgIpc) is 3.22. The van der Waals surface area contributed by atoms with E-state index in [9.17, 15) is 19.7 Å². The molecule has 0 bridgehead atoms. The summed E-state index contributed by atoms with van der Waals surface area (Å²) in [6, 6.07) is 13.6. The Bertz CT molecular complexity index is 1560. The van der Waals surface area contributed by atoms with Crippen LogP contribution in [0, 0.1) is 10.1 Å². The average molecular weight is 462 g/mol. The predicted molar refractivity (Wildman–Crippen MR) is 125 cm³/mol. The third-order valence-corrected chi connectivity index (χ3v) is 6.30. The van der Waals surface area contributed by atoms with Gasteiger partial charge in [0.1, 0.15) is 11.9 Å². The molecule has 0 spiro atoms. The van der Waals surface area contributed by atoms with Gasteiger partial charge in [-0.3, -0.25) is 24.0 Å². The zero-order chi connectivity index (χ0) is 24.1. The third kappa shape index (κ3) is 3.14. The number of methoxy groups -OCH3 is 1. The Morgan fingerprint density at radius 2 is 1.82 bits per heavy atom. The Kier molecular flexibility index (Phi) is 5.09.